The number of allylic oxidation sites excluding steroid dienone is 1. The Morgan fingerprint density at radius 1 is 1.43 bits per heavy atom. The monoisotopic (exact) mass is 338 g/mol. The van der Waals surface area contributed by atoms with E-state index < -0.39 is 21.7 Å². The Balaban J connectivity index is 2.32. The Hall–Kier alpha value is -2.48. The third-order valence-corrected chi connectivity index (χ3v) is 3.98. The lowest BCUT2D eigenvalue weighted by Crippen LogP contribution is -2.27. The van der Waals surface area contributed by atoms with E-state index in [2.05, 4.69) is 16.0 Å². The molecular weight excluding hydrogens is 323 g/mol. The molecule has 122 valence electrons. The van der Waals surface area contributed by atoms with Crippen LogP contribution in [-0.2, 0) is 14.8 Å². The van der Waals surface area contributed by atoms with Crippen molar-refractivity contribution < 1.29 is 17.6 Å². The molecule has 3 N–H and O–H groups in total. The van der Waals surface area contributed by atoms with Crippen molar-refractivity contribution in [1.29, 1.82) is 0 Å². The summed E-state index contributed by atoms with van der Waals surface area (Å²) in [6.45, 7) is 3.03. The zero-order chi connectivity index (χ0) is 17.4. The average molecular weight is 338 g/mol. The van der Waals surface area contributed by atoms with E-state index >= 15 is 0 Å². The standard InChI is InChI=1S/C14H15FN4O3S/c1-8-6-12(17-9(2)13(8)15)18-14(20)11-7-10(23(16,21)22)4-5-19(11)3/h5-7H,1-3H3,(H2,16,21,22)(H,17,18,20). The van der Waals surface area contributed by atoms with E-state index in [1.807, 2.05) is 0 Å². The number of halogens is 1. The Bertz CT molecular complexity index is 860. The first-order valence-electron chi connectivity index (χ1n) is 6.49. The molecule has 1 aromatic rings. The molecule has 0 spiro atoms. The van der Waals surface area contributed by atoms with Crippen LogP contribution in [0.1, 0.15) is 11.3 Å². The van der Waals surface area contributed by atoms with Crippen molar-refractivity contribution in [2.75, 3.05) is 12.4 Å². The summed E-state index contributed by atoms with van der Waals surface area (Å²) in [4.78, 5) is 17.3. The van der Waals surface area contributed by atoms with Crippen LogP contribution in [0, 0.1) is 19.7 Å². The maximum Gasteiger partial charge on any atom is 0.273 e. The number of pyridine rings is 1. The number of nitrogens with zero attached hydrogens (tertiary/aromatic N) is 2. The Morgan fingerprint density at radius 2 is 2.09 bits per heavy atom. The quantitative estimate of drug-likeness (QED) is 0.796. The van der Waals surface area contributed by atoms with Crippen LogP contribution in [0.5, 0.6) is 0 Å². The molecule has 1 aliphatic heterocycles. The number of hydrogen-bond donors (Lipinski definition) is 2. The number of aromatic nitrogens is 1. The van der Waals surface area contributed by atoms with Crippen molar-refractivity contribution in [3.05, 3.63) is 51.8 Å². The molecule has 0 bridgehead atoms. The minimum absolute atomic E-state index is 0.0363. The van der Waals surface area contributed by atoms with Gasteiger partial charge in [0.15, 0.2) is 0 Å². The molecule has 0 saturated heterocycles. The van der Waals surface area contributed by atoms with Gasteiger partial charge in [0.25, 0.3) is 5.91 Å². The van der Waals surface area contributed by atoms with E-state index in [1.54, 1.807) is 14.0 Å². The number of likely N-dealkylation sites (N-methyl/N-ethyl adjacent to an activating group) is 1. The van der Waals surface area contributed by atoms with Crippen LogP contribution in [0.3, 0.4) is 0 Å². The lowest BCUT2D eigenvalue weighted by atomic mass is 10.2. The lowest BCUT2D eigenvalue weighted by molar-refractivity contribution is -0.113. The number of primary sulfonamides is 1. The topological polar surface area (TPSA) is 105 Å². The maximum absolute atomic E-state index is 13.6. The number of carbonyl (C=O) groups excluding carboxylic acids is 1. The minimum Gasteiger partial charge on any atom is -0.340 e. The predicted octanol–water partition coefficient (Wildman–Crippen LogP) is 0.890. The van der Waals surface area contributed by atoms with Crippen LogP contribution in [0.2, 0.25) is 0 Å². The van der Waals surface area contributed by atoms with Crippen molar-refractivity contribution in [2.45, 2.75) is 13.8 Å². The second kappa shape index (κ2) is 5.96. The molecule has 1 amide bonds. The van der Waals surface area contributed by atoms with E-state index in [1.165, 1.54) is 24.1 Å². The number of aryl methyl sites for hydroxylation is 2. The largest absolute Gasteiger partial charge is 0.340 e. The van der Waals surface area contributed by atoms with Gasteiger partial charge in [0.2, 0.25) is 10.0 Å². The van der Waals surface area contributed by atoms with Crippen molar-refractivity contribution in [2.24, 2.45) is 5.14 Å². The normalized spacial score (nSPS) is 14.4. The number of hydrogen-bond acceptors (Lipinski definition) is 5. The predicted molar refractivity (Wildman–Crippen MR) is 82.8 cm³/mol. The molecule has 0 atom stereocenters. The second-order valence-electron chi connectivity index (χ2n) is 5.00. The van der Waals surface area contributed by atoms with Gasteiger partial charge in [-0.25, -0.2) is 22.9 Å². The smallest absolute Gasteiger partial charge is 0.273 e. The van der Waals surface area contributed by atoms with Gasteiger partial charge in [0, 0.05) is 13.2 Å². The summed E-state index contributed by atoms with van der Waals surface area (Å²) in [7, 11) is -2.43. The summed E-state index contributed by atoms with van der Waals surface area (Å²) in [5.41, 5.74) is 2.99. The van der Waals surface area contributed by atoms with Crippen molar-refractivity contribution in [3.8, 4) is 0 Å². The van der Waals surface area contributed by atoms with Crippen LogP contribution in [0.4, 0.5) is 10.2 Å². The molecule has 0 radical (unpaired) electrons. The van der Waals surface area contributed by atoms with Crippen molar-refractivity contribution >= 4 is 21.7 Å². The summed E-state index contributed by atoms with van der Waals surface area (Å²) in [5.74, 6) is -0.889. The van der Waals surface area contributed by atoms with Gasteiger partial charge in [-0.05, 0) is 31.6 Å². The van der Waals surface area contributed by atoms with Crippen LogP contribution >= 0.6 is 0 Å². The highest BCUT2D eigenvalue weighted by atomic mass is 32.2. The van der Waals surface area contributed by atoms with Crippen LogP contribution < -0.4 is 10.5 Å². The minimum atomic E-state index is -3.98. The fourth-order valence-electron chi connectivity index (χ4n) is 1.95. The molecule has 23 heavy (non-hydrogen) atoms. The summed E-state index contributed by atoms with van der Waals surface area (Å²) < 4.78 is 36.3. The lowest BCUT2D eigenvalue weighted by Gasteiger charge is -2.19. The fraction of sp³-hybridized carbons (Fsp3) is 0.214. The molecule has 0 saturated carbocycles. The van der Waals surface area contributed by atoms with Crippen molar-refractivity contribution in [3.63, 3.8) is 0 Å². The van der Waals surface area contributed by atoms with Gasteiger partial charge in [-0.1, -0.05) is 5.73 Å². The number of rotatable bonds is 3. The summed E-state index contributed by atoms with van der Waals surface area (Å²) in [6, 6.07) is 1.38. The van der Waals surface area contributed by atoms with E-state index in [9.17, 15) is 17.6 Å². The number of carbonyl (C=O) groups is 1. The Labute approximate surface area is 133 Å². The van der Waals surface area contributed by atoms with E-state index in [-0.39, 0.29) is 22.1 Å². The summed E-state index contributed by atoms with van der Waals surface area (Å²) in [5, 5.41) is 7.53. The molecule has 0 aliphatic carbocycles. The van der Waals surface area contributed by atoms with Gasteiger partial charge in [-0.3, -0.25) is 4.79 Å². The number of anilines is 1. The molecule has 2 rings (SSSR count). The SMILES string of the molecule is Cc1cc(NC(=O)C2=CC(S(N)(=O)=O)=C=CN2C)nc(C)c1F. The number of nitrogens with one attached hydrogen (secondary N) is 1. The Kier molecular flexibility index (Phi) is 4.37. The van der Waals surface area contributed by atoms with Gasteiger partial charge in [0.1, 0.15) is 22.2 Å². The number of sulfonamides is 1. The molecular formula is C14H15FN4O3S. The molecule has 1 aliphatic rings. The zero-order valence-corrected chi connectivity index (χ0v) is 13.5. The second-order valence-corrected chi connectivity index (χ2v) is 6.53. The third kappa shape index (κ3) is 3.65. The van der Waals surface area contributed by atoms with E-state index in [0.29, 0.717) is 5.56 Å². The third-order valence-electron chi connectivity index (χ3n) is 3.13. The molecule has 1 aromatic heterocycles. The maximum atomic E-state index is 13.6. The van der Waals surface area contributed by atoms with Crippen LogP contribution in [0.15, 0.2) is 34.7 Å². The van der Waals surface area contributed by atoms with Gasteiger partial charge in [0.05, 0.1) is 5.69 Å². The van der Waals surface area contributed by atoms with E-state index in [0.717, 1.165) is 6.08 Å². The molecule has 0 aromatic carbocycles. The fourth-order valence-corrected chi connectivity index (χ4v) is 2.44. The Morgan fingerprint density at radius 3 is 2.65 bits per heavy atom. The summed E-state index contributed by atoms with van der Waals surface area (Å²) in [6.07, 6.45) is 2.39. The zero-order valence-electron chi connectivity index (χ0n) is 12.7. The molecule has 0 fully saturated rings. The average Bonchev–Trinajstić information content (AvgIpc) is 2.43. The number of amides is 1. The first-order chi connectivity index (χ1) is 10.6. The molecule has 7 nitrogen and oxygen atoms in total. The highest BCUT2D eigenvalue weighted by molar-refractivity contribution is 7.93. The van der Waals surface area contributed by atoms with Gasteiger partial charge >= 0.3 is 0 Å². The first kappa shape index (κ1) is 16.9. The first-order valence-corrected chi connectivity index (χ1v) is 8.03. The highest BCUT2D eigenvalue weighted by Crippen LogP contribution is 2.18. The molecule has 0 unspecified atom stereocenters. The van der Waals surface area contributed by atoms with Gasteiger partial charge < -0.3 is 10.2 Å². The number of nitrogens with two attached hydrogens (primary N) is 1. The molecule has 9 heteroatoms. The summed E-state index contributed by atoms with van der Waals surface area (Å²) >= 11 is 0. The van der Waals surface area contributed by atoms with Gasteiger partial charge in [-0.2, -0.15) is 0 Å². The molecule has 2 heterocycles. The van der Waals surface area contributed by atoms with E-state index in [4.69, 9.17) is 5.14 Å². The van der Waals surface area contributed by atoms with Crippen molar-refractivity contribution in [1.82, 2.24) is 9.88 Å². The van der Waals surface area contributed by atoms with Crippen LogP contribution in [-0.4, -0.2) is 31.3 Å². The highest BCUT2D eigenvalue weighted by Gasteiger charge is 2.21. The van der Waals surface area contributed by atoms with Gasteiger partial charge in [-0.15, -0.1) is 0 Å². The van der Waals surface area contributed by atoms with Crippen LogP contribution in [0.25, 0.3) is 0 Å².